The molecule has 5 heteroatoms. The van der Waals surface area contributed by atoms with E-state index in [-0.39, 0.29) is 24.9 Å². The third kappa shape index (κ3) is 2.70. The number of nitrogens with zero attached hydrogens (tertiary/aromatic N) is 2. The van der Waals surface area contributed by atoms with Gasteiger partial charge < -0.3 is 14.9 Å². The molecule has 0 aromatic carbocycles. The van der Waals surface area contributed by atoms with E-state index in [1.54, 1.807) is 18.9 Å². The van der Waals surface area contributed by atoms with Gasteiger partial charge in [-0.15, -0.1) is 0 Å². The first kappa shape index (κ1) is 11.0. The molecule has 80 valence electrons. The van der Waals surface area contributed by atoms with Gasteiger partial charge in [0.15, 0.2) is 0 Å². The molecule has 1 saturated heterocycles. The van der Waals surface area contributed by atoms with Crippen LogP contribution in [0.25, 0.3) is 0 Å². The number of aliphatic hydroxyl groups is 1. The van der Waals surface area contributed by atoms with E-state index in [1.807, 2.05) is 0 Å². The average molecular weight is 200 g/mol. The SMILES string of the molecule is CC(O)CN1CC(=O)N(C)CCC1=O. The number of likely N-dealkylation sites (N-methyl/N-ethyl adjacent to an activating group) is 1. The summed E-state index contributed by atoms with van der Waals surface area (Å²) in [4.78, 5) is 25.8. The van der Waals surface area contributed by atoms with Gasteiger partial charge in [-0.3, -0.25) is 9.59 Å². The lowest BCUT2D eigenvalue weighted by Crippen LogP contribution is -2.40. The Morgan fingerprint density at radius 1 is 1.43 bits per heavy atom. The second kappa shape index (κ2) is 4.41. The molecule has 1 aliphatic rings. The van der Waals surface area contributed by atoms with Crippen molar-refractivity contribution in [1.82, 2.24) is 9.80 Å². The van der Waals surface area contributed by atoms with Crippen LogP contribution < -0.4 is 0 Å². The summed E-state index contributed by atoms with van der Waals surface area (Å²) in [6.45, 7) is 2.39. The van der Waals surface area contributed by atoms with Gasteiger partial charge in [-0.05, 0) is 6.92 Å². The maximum Gasteiger partial charge on any atom is 0.241 e. The van der Waals surface area contributed by atoms with E-state index in [1.165, 1.54) is 4.90 Å². The zero-order valence-electron chi connectivity index (χ0n) is 8.56. The Labute approximate surface area is 83.3 Å². The first-order valence-electron chi connectivity index (χ1n) is 4.70. The Morgan fingerprint density at radius 2 is 2.07 bits per heavy atom. The first-order chi connectivity index (χ1) is 6.50. The average Bonchev–Trinajstić information content (AvgIpc) is 2.19. The minimum atomic E-state index is -0.588. The molecular weight excluding hydrogens is 184 g/mol. The van der Waals surface area contributed by atoms with Crippen LogP contribution in [-0.4, -0.2) is 59.5 Å². The number of carbonyl (C=O) groups excluding carboxylic acids is 2. The molecule has 0 spiro atoms. The second-order valence-corrected chi connectivity index (χ2v) is 3.69. The maximum atomic E-state index is 11.5. The number of rotatable bonds is 2. The van der Waals surface area contributed by atoms with Crippen LogP contribution in [-0.2, 0) is 9.59 Å². The van der Waals surface area contributed by atoms with Gasteiger partial charge in [0.2, 0.25) is 11.8 Å². The maximum absolute atomic E-state index is 11.5. The van der Waals surface area contributed by atoms with Gasteiger partial charge in [0.25, 0.3) is 0 Å². The summed E-state index contributed by atoms with van der Waals surface area (Å²) >= 11 is 0. The fourth-order valence-corrected chi connectivity index (χ4v) is 1.40. The zero-order valence-corrected chi connectivity index (χ0v) is 8.56. The normalized spacial score (nSPS) is 21.1. The van der Waals surface area contributed by atoms with E-state index >= 15 is 0 Å². The molecule has 1 heterocycles. The molecule has 0 aromatic rings. The molecule has 2 amide bonds. The van der Waals surface area contributed by atoms with Crippen LogP contribution in [0.4, 0.5) is 0 Å². The molecule has 1 N–H and O–H groups in total. The smallest absolute Gasteiger partial charge is 0.241 e. The molecule has 1 unspecified atom stereocenters. The molecule has 1 rings (SSSR count). The highest BCUT2D eigenvalue weighted by Gasteiger charge is 2.24. The van der Waals surface area contributed by atoms with Crippen LogP contribution in [0, 0.1) is 0 Å². The third-order valence-electron chi connectivity index (χ3n) is 2.25. The largest absolute Gasteiger partial charge is 0.392 e. The summed E-state index contributed by atoms with van der Waals surface area (Å²) < 4.78 is 0. The van der Waals surface area contributed by atoms with E-state index < -0.39 is 6.10 Å². The first-order valence-corrected chi connectivity index (χ1v) is 4.70. The van der Waals surface area contributed by atoms with Gasteiger partial charge >= 0.3 is 0 Å². The van der Waals surface area contributed by atoms with Crippen LogP contribution in [0.3, 0.4) is 0 Å². The fourth-order valence-electron chi connectivity index (χ4n) is 1.40. The number of carbonyl (C=O) groups is 2. The molecule has 0 radical (unpaired) electrons. The van der Waals surface area contributed by atoms with Gasteiger partial charge in [-0.2, -0.15) is 0 Å². The standard InChI is InChI=1S/C9H16N2O3/c1-7(12)5-11-6-9(14)10(2)4-3-8(11)13/h7,12H,3-6H2,1-2H3. The van der Waals surface area contributed by atoms with E-state index in [0.29, 0.717) is 13.0 Å². The monoisotopic (exact) mass is 200 g/mol. The summed E-state index contributed by atoms with van der Waals surface area (Å²) in [5.74, 6) is -0.139. The van der Waals surface area contributed by atoms with Crippen LogP contribution >= 0.6 is 0 Å². The molecule has 5 nitrogen and oxygen atoms in total. The predicted molar refractivity (Wildman–Crippen MR) is 50.5 cm³/mol. The minimum Gasteiger partial charge on any atom is -0.392 e. The number of aliphatic hydroxyl groups excluding tert-OH is 1. The fraction of sp³-hybridized carbons (Fsp3) is 0.778. The zero-order chi connectivity index (χ0) is 10.7. The molecule has 0 aliphatic carbocycles. The van der Waals surface area contributed by atoms with Crippen LogP contribution in [0.5, 0.6) is 0 Å². The van der Waals surface area contributed by atoms with E-state index in [4.69, 9.17) is 5.11 Å². The van der Waals surface area contributed by atoms with Gasteiger partial charge in [0.05, 0.1) is 12.6 Å². The highest BCUT2D eigenvalue weighted by atomic mass is 16.3. The van der Waals surface area contributed by atoms with E-state index in [2.05, 4.69) is 0 Å². The molecular formula is C9H16N2O3. The molecule has 1 fully saturated rings. The Balaban J connectivity index is 2.64. The van der Waals surface area contributed by atoms with E-state index in [9.17, 15) is 9.59 Å². The molecule has 0 bridgehead atoms. The number of hydrogen-bond donors (Lipinski definition) is 1. The molecule has 1 atom stereocenters. The predicted octanol–water partition coefficient (Wildman–Crippen LogP) is -0.942. The van der Waals surface area contributed by atoms with Gasteiger partial charge in [-0.1, -0.05) is 0 Å². The van der Waals surface area contributed by atoms with Crippen molar-refractivity contribution in [3.63, 3.8) is 0 Å². The van der Waals surface area contributed by atoms with Gasteiger partial charge in [0, 0.05) is 26.6 Å². The number of amides is 2. The van der Waals surface area contributed by atoms with Crippen molar-refractivity contribution in [2.45, 2.75) is 19.4 Å². The Hall–Kier alpha value is -1.10. The topological polar surface area (TPSA) is 60.9 Å². The Kier molecular flexibility index (Phi) is 3.46. The third-order valence-corrected chi connectivity index (χ3v) is 2.25. The molecule has 1 aliphatic heterocycles. The van der Waals surface area contributed by atoms with Gasteiger partial charge in [-0.25, -0.2) is 0 Å². The Morgan fingerprint density at radius 3 is 2.64 bits per heavy atom. The number of hydrogen-bond acceptors (Lipinski definition) is 3. The minimum absolute atomic E-state index is 0.0661. The Bertz CT molecular complexity index is 240. The summed E-state index contributed by atoms with van der Waals surface area (Å²) in [7, 11) is 1.68. The van der Waals surface area contributed by atoms with Crippen LogP contribution in [0.2, 0.25) is 0 Å². The summed E-state index contributed by atoms with van der Waals surface area (Å²) in [6.07, 6.45) is -0.246. The summed E-state index contributed by atoms with van der Waals surface area (Å²) in [5, 5.41) is 9.15. The van der Waals surface area contributed by atoms with Crippen molar-refractivity contribution < 1.29 is 14.7 Å². The second-order valence-electron chi connectivity index (χ2n) is 3.69. The highest BCUT2D eigenvalue weighted by molar-refractivity contribution is 5.87. The van der Waals surface area contributed by atoms with E-state index in [0.717, 1.165) is 0 Å². The van der Waals surface area contributed by atoms with Gasteiger partial charge in [0.1, 0.15) is 0 Å². The van der Waals surface area contributed by atoms with Crippen LogP contribution in [0.15, 0.2) is 0 Å². The van der Waals surface area contributed by atoms with Crippen LogP contribution in [0.1, 0.15) is 13.3 Å². The van der Waals surface area contributed by atoms with Crippen molar-refractivity contribution in [3.8, 4) is 0 Å². The molecule has 0 saturated carbocycles. The van der Waals surface area contributed by atoms with Crippen molar-refractivity contribution in [2.24, 2.45) is 0 Å². The lowest BCUT2D eigenvalue weighted by Gasteiger charge is -2.21. The van der Waals surface area contributed by atoms with Crippen molar-refractivity contribution in [1.29, 1.82) is 0 Å². The van der Waals surface area contributed by atoms with Crippen molar-refractivity contribution in [2.75, 3.05) is 26.7 Å². The molecule has 0 aromatic heterocycles. The lowest BCUT2D eigenvalue weighted by atomic mass is 10.3. The van der Waals surface area contributed by atoms with Crippen molar-refractivity contribution in [3.05, 3.63) is 0 Å². The molecule has 14 heavy (non-hydrogen) atoms. The number of β-amino-alcohol motifs (C(OH)–C–C–N with tert-alkyl or cyclic N) is 1. The highest BCUT2D eigenvalue weighted by Crippen LogP contribution is 2.04. The van der Waals surface area contributed by atoms with Crippen molar-refractivity contribution >= 4 is 11.8 Å². The summed E-state index contributed by atoms with van der Waals surface area (Å²) in [6, 6.07) is 0. The summed E-state index contributed by atoms with van der Waals surface area (Å²) in [5.41, 5.74) is 0. The lowest BCUT2D eigenvalue weighted by molar-refractivity contribution is -0.136. The quantitative estimate of drug-likeness (QED) is 0.625.